The van der Waals surface area contributed by atoms with Crippen LogP contribution in [0.25, 0.3) is 0 Å². The quantitative estimate of drug-likeness (QED) is 0.680. The summed E-state index contributed by atoms with van der Waals surface area (Å²) in [5.41, 5.74) is -1.03. The Morgan fingerprint density at radius 1 is 1.54 bits per heavy atom. The predicted octanol–water partition coefficient (Wildman–Crippen LogP) is 1.10. The van der Waals surface area contributed by atoms with E-state index >= 15 is 0 Å². The smallest absolute Gasteiger partial charge is 0.161 e. The van der Waals surface area contributed by atoms with Gasteiger partial charge in [0.25, 0.3) is 0 Å². The fourth-order valence-electron chi connectivity index (χ4n) is 1.59. The second kappa shape index (κ2) is 5.35. The molecule has 0 aromatic rings. The molecular weight excluding hydrogens is 166 g/mol. The number of ketones is 1. The summed E-state index contributed by atoms with van der Waals surface area (Å²) in [5.74, 6) is -0.102. The fraction of sp³-hybridized carbons (Fsp3) is 0.900. The van der Waals surface area contributed by atoms with Crippen LogP contribution in [0.4, 0.5) is 0 Å². The fourth-order valence-corrected chi connectivity index (χ4v) is 1.59. The lowest BCUT2D eigenvalue weighted by molar-refractivity contribution is -0.134. The van der Waals surface area contributed by atoms with E-state index < -0.39 is 5.60 Å². The van der Waals surface area contributed by atoms with Gasteiger partial charge in [0.2, 0.25) is 0 Å². The zero-order chi connectivity index (χ0) is 10.5. The van der Waals surface area contributed by atoms with Crippen LogP contribution in [0.15, 0.2) is 0 Å². The van der Waals surface area contributed by atoms with Crippen molar-refractivity contribution in [2.45, 2.75) is 51.7 Å². The molecule has 1 aliphatic rings. The van der Waals surface area contributed by atoms with Crippen molar-refractivity contribution >= 4 is 5.78 Å². The van der Waals surface area contributed by atoms with E-state index in [0.717, 1.165) is 6.42 Å². The van der Waals surface area contributed by atoms with Crippen LogP contribution in [0.5, 0.6) is 0 Å². The van der Waals surface area contributed by atoms with Crippen LogP contribution >= 0.6 is 0 Å². The number of hydrogen-bond donors (Lipinski definition) is 2. The molecule has 3 heteroatoms. The molecule has 0 radical (unpaired) electrons. The van der Waals surface area contributed by atoms with Crippen molar-refractivity contribution in [3.8, 4) is 0 Å². The first-order chi connectivity index (χ1) is 6.08. The summed E-state index contributed by atoms with van der Waals surface area (Å²) in [5, 5.41) is 12.7. The molecule has 0 aliphatic heterocycles. The zero-order valence-corrected chi connectivity index (χ0v) is 9.05. The number of rotatable bonds is 2. The SMILES string of the molecule is CC.CNC1CCC(O)(C(C)=O)C1. The lowest BCUT2D eigenvalue weighted by Gasteiger charge is -2.18. The lowest BCUT2D eigenvalue weighted by atomic mass is 9.98. The van der Waals surface area contributed by atoms with Gasteiger partial charge >= 0.3 is 0 Å². The van der Waals surface area contributed by atoms with Crippen molar-refractivity contribution in [3.63, 3.8) is 0 Å². The molecule has 1 rings (SSSR count). The van der Waals surface area contributed by atoms with Gasteiger partial charge in [-0.3, -0.25) is 4.79 Å². The molecule has 0 aromatic heterocycles. The highest BCUT2D eigenvalue weighted by Crippen LogP contribution is 2.30. The van der Waals surface area contributed by atoms with Crippen LogP contribution < -0.4 is 5.32 Å². The summed E-state index contributed by atoms with van der Waals surface area (Å²) in [6.45, 7) is 5.46. The van der Waals surface area contributed by atoms with E-state index in [1.54, 1.807) is 0 Å². The van der Waals surface area contributed by atoms with Gasteiger partial charge in [0.05, 0.1) is 0 Å². The maximum Gasteiger partial charge on any atom is 0.161 e. The second-order valence-corrected chi connectivity index (χ2v) is 3.32. The summed E-state index contributed by atoms with van der Waals surface area (Å²) in [6, 6.07) is 0.309. The Hall–Kier alpha value is -0.410. The Morgan fingerprint density at radius 2 is 2.08 bits per heavy atom. The van der Waals surface area contributed by atoms with E-state index in [1.165, 1.54) is 6.92 Å². The van der Waals surface area contributed by atoms with E-state index in [9.17, 15) is 9.90 Å². The summed E-state index contributed by atoms with van der Waals surface area (Å²) < 4.78 is 0. The van der Waals surface area contributed by atoms with Crippen LogP contribution in [0.2, 0.25) is 0 Å². The summed E-state index contributed by atoms with van der Waals surface area (Å²) in [6.07, 6.45) is 2.07. The molecule has 1 fully saturated rings. The average molecular weight is 187 g/mol. The molecule has 2 atom stereocenters. The molecule has 2 N–H and O–H groups in total. The number of hydrogen-bond acceptors (Lipinski definition) is 3. The largest absolute Gasteiger partial charge is 0.382 e. The van der Waals surface area contributed by atoms with Gasteiger partial charge in [0.1, 0.15) is 5.60 Å². The molecule has 0 bridgehead atoms. The van der Waals surface area contributed by atoms with Gasteiger partial charge in [-0.2, -0.15) is 0 Å². The molecule has 2 unspecified atom stereocenters. The highest BCUT2D eigenvalue weighted by atomic mass is 16.3. The number of carbonyl (C=O) groups excluding carboxylic acids is 1. The number of Topliss-reactive ketones (excluding diaryl/α,β-unsaturated/α-hetero) is 1. The van der Waals surface area contributed by atoms with Gasteiger partial charge in [-0.15, -0.1) is 0 Å². The molecule has 1 saturated carbocycles. The van der Waals surface area contributed by atoms with E-state index in [1.807, 2.05) is 20.9 Å². The molecule has 0 heterocycles. The summed E-state index contributed by atoms with van der Waals surface area (Å²) >= 11 is 0. The Morgan fingerprint density at radius 3 is 2.31 bits per heavy atom. The molecule has 0 aromatic carbocycles. The van der Waals surface area contributed by atoms with Crippen LogP contribution in [-0.4, -0.2) is 29.6 Å². The van der Waals surface area contributed by atoms with E-state index in [0.29, 0.717) is 18.9 Å². The molecule has 13 heavy (non-hydrogen) atoms. The maximum absolute atomic E-state index is 11.0. The molecule has 78 valence electrons. The Kier molecular flexibility index (Phi) is 5.18. The van der Waals surface area contributed by atoms with E-state index in [2.05, 4.69) is 5.32 Å². The maximum atomic E-state index is 11.0. The van der Waals surface area contributed by atoms with Crippen molar-refractivity contribution < 1.29 is 9.90 Å². The third-order valence-corrected chi connectivity index (χ3v) is 2.55. The minimum Gasteiger partial charge on any atom is -0.382 e. The molecular formula is C10H21NO2. The lowest BCUT2D eigenvalue weighted by Crippen LogP contribution is -2.36. The van der Waals surface area contributed by atoms with Crippen molar-refractivity contribution in [2.75, 3.05) is 7.05 Å². The normalized spacial score (nSPS) is 32.2. The average Bonchev–Trinajstić information content (AvgIpc) is 2.52. The highest BCUT2D eigenvalue weighted by molar-refractivity contribution is 5.85. The monoisotopic (exact) mass is 187 g/mol. The molecule has 1 aliphatic carbocycles. The Balaban J connectivity index is 0.000000671. The van der Waals surface area contributed by atoms with Crippen molar-refractivity contribution in [2.24, 2.45) is 0 Å². The van der Waals surface area contributed by atoms with Gasteiger partial charge in [-0.1, -0.05) is 13.8 Å². The molecule has 0 amide bonds. The number of nitrogens with one attached hydrogen (secondary N) is 1. The van der Waals surface area contributed by atoms with E-state index in [-0.39, 0.29) is 5.78 Å². The van der Waals surface area contributed by atoms with Gasteiger partial charge < -0.3 is 10.4 Å². The summed E-state index contributed by atoms with van der Waals surface area (Å²) in [4.78, 5) is 11.0. The minimum absolute atomic E-state index is 0.102. The first-order valence-electron chi connectivity index (χ1n) is 4.99. The van der Waals surface area contributed by atoms with Crippen LogP contribution in [0.1, 0.15) is 40.0 Å². The molecule has 0 spiro atoms. The topological polar surface area (TPSA) is 49.3 Å². The second-order valence-electron chi connectivity index (χ2n) is 3.32. The van der Waals surface area contributed by atoms with Crippen molar-refractivity contribution in [1.82, 2.24) is 5.32 Å². The number of aliphatic hydroxyl groups is 1. The van der Waals surface area contributed by atoms with Crippen molar-refractivity contribution in [3.05, 3.63) is 0 Å². The predicted molar refractivity (Wildman–Crippen MR) is 53.7 cm³/mol. The van der Waals surface area contributed by atoms with Gasteiger partial charge in [0.15, 0.2) is 5.78 Å². The summed E-state index contributed by atoms with van der Waals surface area (Å²) in [7, 11) is 1.86. The molecule has 0 saturated heterocycles. The minimum atomic E-state index is -1.03. The Labute approximate surface area is 80.5 Å². The first-order valence-corrected chi connectivity index (χ1v) is 4.99. The highest BCUT2D eigenvalue weighted by Gasteiger charge is 2.40. The number of carbonyl (C=O) groups is 1. The van der Waals surface area contributed by atoms with Gasteiger partial charge in [-0.05, 0) is 33.2 Å². The standard InChI is InChI=1S/C8H15NO2.C2H6/c1-6(10)8(11)4-3-7(5-8)9-2;1-2/h7,9,11H,3-5H2,1-2H3;1-2H3. The van der Waals surface area contributed by atoms with Crippen LogP contribution in [-0.2, 0) is 4.79 Å². The van der Waals surface area contributed by atoms with Crippen molar-refractivity contribution in [1.29, 1.82) is 0 Å². The third-order valence-electron chi connectivity index (χ3n) is 2.55. The Bertz CT molecular complexity index is 170. The van der Waals surface area contributed by atoms with Gasteiger partial charge in [-0.25, -0.2) is 0 Å². The molecule has 3 nitrogen and oxygen atoms in total. The first kappa shape index (κ1) is 12.6. The third kappa shape index (κ3) is 3.08. The zero-order valence-electron chi connectivity index (χ0n) is 9.05. The van der Waals surface area contributed by atoms with Crippen LogP contribution in [0, 0.1) is 0 Å². The van der Waals surface area contributed by atoms with Gasteiger partial charge in [0, 0.05) is 6.04 Å². The van der Waals surface area contributed by atoms with Crippen LogP contribution in [0.3, 0.4) is 0 Å². The van der Waals surface area contributed by atoms with E-state index in [4.69, 9.17) is 0 Å².